The fourth-order valence-corrected chi connectivity index (χ4v) is 4.08. The third kappa shape index (κ3) is 8.43. The molecule has 1 aliphatic carbocycles. The quantitative estimate of drug-likeness (QED) is 0.352. The Morgan fingerprint density at radius 3 is 2.42 bits per heavy atom. The molecule has 0 bridgehead atoms. The highest BCUT2D eigenvalue weighted by atomic mass is 16.4. The van der Waals surface area contributed by atoms with Crippen molar-refractivity contribution in [3.63, 3.8) is 0 Å². The Hall–Kier alpha value is -1.23. The van der Waals surface area contributed by atoms with Gasteiger partial charge in [-0.05, 0) is 51.4 Å². The second-order valence-corrected chi connectivity index (χ2v) is 8.19. The van der Waals surface area contributed by atoms with Gasteiger partial charge in [-0.2, -0.15) is 0 Å². The first-order valence-corrected chi connectivity index (χ1v) is 10.3. The summed E-state index contributed by atoms with van der Waals surface area (Å²) in [6.07, 6.45) is 10.5. The van der Waals surface area contributed by atoms with E-state index in [1.165, 1.54) is 0 Å². The molecule has 0 spiro atoms. The third-order valence-electron chi connectivity index (χ3n) is 5.76. The lowest BCUT2D eigenvalue weighted by atomic mass is 9.84. The number of unbranched alkanes of at least 4 members (excludes halogenated alkanes) is 3. The van der Waals surface area contributed by atoms with Crippen molar-refractivity contribution >= 4 is 17.5 Å². The number of aliphatic hydroxyl groups is 1. The Balaban J connectivity index is 2.28. The maximum absolute atomic E-state index is 12.2. The average molecular weight is 369 g/mol. The standard InChI is InChI=1S/C21H36O5/c1-3-4-14-21(2,26)15-8-9-16-12-13-18(22)17(16)10-6-5-7-11-19(23)20(24)25/h16-17,26H,3-15H2,1-2H3,(H,24,25)/t16-,17+,21?/m0/s1. The van der Waals surface area contributed by atoms with Crippen LogP contribution in [0.15, 0.2) is 0 Å². The van der Waals surface area contributed by atoms with Gasteiger partial charge in [0, 0.05) is 18.8 Å². The molecular formula is C21H36O5. The van der Waals surface area contributed by atoms with E-state index in [4.69, 9.17) is 5.11 Å². The molecule has 26 heavy (non-hydrogen) atoms. The summed E-state index contributed by atoms with van der Waals surface area (Å²) in [4.78, 5) is 33.7. The van der Waals surface area contributed by atoms with Crippen LogP contribution in [0.3, 0.4) is 0 Å². The predicted octanol–water partition coefficient (Wildman–Crippen LogP) is 4.30. The van der Waals surface area contributed by atoms with Crippen molar-refractivity contribution in [3.05, 3.63) is 0 Å². The normalized spacial score (nSPS) is 22.3. The van der Waals surface area contributed by atoms with Gasteiger partial charge in [-0.1, -0.05) is 39.0 Å². The monoisotopic (exact) mass is 368 g/mol. The Labute approximate surface area is 157 Å². The van der Waals surface area contributed by atoms with Gasteiger partial charge >= 0.3 is 5.97 Å². The van der Waals surface area contributed by atoms with Crippen molar-refractivity contribution in [1.29, 1.82) is 0 Å². The predicted molar refractivity (Wildman–Crippen MR) is 101 cm³/mol. The highest BCUT2D eigenvalue weighted by Gasteiger charge is 2.34. The lowest BCUT2D eigenvalue weighted by Crippen LogP contribution is -2.24. The zero-order valence-electron chi connectivity index (χ0n) is 16.5. The molecule has 0 aromatic heterocycles. The summed E-state index contributed by atoms with van der Waals surface area (Å²) in [6, 6.07) is 0. The number of Topliss-reactive ketones (excluding diaryl/α,β-unsaturated/α-hetero) is 2. The zero-order valence-corrected chi connectivity index (χ0v) is 16.5. The third-order valence-corrected chi connectivity index (χ3v) is 5.76. The molecule has 0 radical (unpaired) electrons. The van der Waals surface area contributed by atoms with Crippen molar-refractivity contribution in [2.45, 2.75) is 103 Å². The number of carboxylic acids is 1. The molecule has 150 valence electrons. The van der Waals surface area contributed by atoms with E-state index < -0.39 is 17.4 Å². The summed E-state index contributed by atoms with van der Waals surface area (Å²) in [5.74, 6) is -1.19. The number of ketones is 2. The first-order chi connectivity index (χ1) is 12.3. The van der Waals surface area contributed by atoms with Crippen molar-refractivity contribution in [3.8, 4) is 0 Å². The van der Waals surface area contributed by atoms with Gasteiger partial charge in [0.15, 0.2) is 0 Å². The van der Waals surface area contributed by atoms with Crippen molar-refractivity contribution in [1.82, 2.24) is 0 Å². The fourth-order valence-electron chi connectivity index (χ4n) is 4.08. The average Bonchev–Trinajstić information content (AvgIpc) is 2.92. The molecule has 0 aromatic carbocycles. The number of carbonyl (C=O) groups excluding carboxylic acids is 2. The lowest BCUT2D eigenvalue weighted by molar-refractivity contribution is -0.149. The minimum Gasteiger partial charge on any atom is -0.476 e. The van der Waals surface area contributed by atoms with Crippen molar-refractivity contribution in [2.24, 2.45) is 11.8 Å². The van der Waals surface area contributed by atoms with Crippen molar-refractivity contribution in [2.75, 3.05) is 0 Å². The van der Waals surface area contributed by atoms with Gasteiger partial charge in [-0.15, -0.1) is 0 Å². The molecule has 5 heteroatoms. The highest BCUT2D eigenvalue weighted by Crippen LogP contribution is 2.37. The Kier molecular flexibility index (Phi) is 10.1. The molecule has 3 atom stereocenters. The molecule has 1 aliphatic rings. The Morgan fingerprint density at radius 1 is 1.08 bits per heavy atom. The van der Waals surface area contributed by atoms with E-state index in [1.54, 1.807) is 0 Å². The second-order valence-electron chi connectivity index (χ2n) is 8.19. The molecule has 1 unspecified atom stereocenters. The van der Waals surface area contributed by atoms with Gasteiger partial charge in [0.1, 0.15) is 5.78 Å². The Morgan fingerprint density at radius 2 is 1.77 bits per heavy atom. The van der Waals surface area contributed by atoms with Crippen LogP contribution in [0.1, 0.15) is 97.3 Å². The summed E-state index contributed by atoms with van der Waals surface area (Å²) in [7, 11) is 0. The lowest BCUT2D eigenvalue weighted by Gasteiger charge is -2.25. The number of carboxylic acid groups (broad SMARTS) is 1. The van der Waals surface area contributed by atoms with Crippen LogP contribution in [0, 0.1) is 11.8 Å². The zero-order chi connectivity index (χ0) is 19.6. The molecular weight excluding hydrogens is 332 g/mol. The minimum atomic E-state index is -1.36. The van der Waals surface area contributed by atoms with Gasteiger partial charge < -0.3 is 10.2 Å². The summed E-state index contributed by atoms with van der Waals surface area (Å²) in [5.41, 5.74) is -0.592. The molecule has 5 nitrogen and oxygen atoms in total. The molecule has 1 saturated carbocycles. The molecule has 0 heterocycles. The van der Waals surface area contributed by atoms with Crippen LogP contribution < -0.4 is 0 Å². The van der Waals surface area contributed by atoms with E-state index in [-0.39, 0.29) is 12.3 Å². The molecule has 0 aromatic rings. The van der Waals surface area contributed by atoms with Gasteiger partial charge in [0.25, 0.3) is 0 Å². The number of hydrogen-bond acceptors (Lipinski definition) is 4. The molecule has 0 amide bonds. The number of aliphatic carboxylic acids is 1. The largest absolute Gasteiger partial charge is 0.476 e. The molecule has 2 N–H and O–H groups in total. The van der Waals surface area contributed by atoms with Crippen molar-refractivity contribution < 1.29 is 24.6 Å². The summed E-state index contributed by atoms with van der Waals surface area (Å²) < 4.78 is 0. The highest BCUT2D eigenvalue weighted by molar-refractivity contribution is 6.32. The smallest absolute Gasteiger partial charge is 0.372 e. The number of rotatable bonds is 14. The number of carbonyl (C=O) groups is 3. The maximum Gasteiger partial charge on any atom is 0.372 e. The van der Waals surface area contributed by atoms with Gasteiger partial charge in [-0.25, -0.2) is 4.79 Å². The van der Waals surface area contributed by atoms with Crippen LogP contribution in [0.5, 0.6) is 0 Å². The summed E-state index contributed by atoms with van der Waals surface area (Å²) in [6.45, 7) is 4.04. The van der Waals surface area contributed by atoms with E-state index >= 15 is 0 Å². The fraction of sp³-hybridized carbons (Fsp3) is 0.857. The van der Waals surface area contributed by atoms with Crippen LogP contribution in [0.25, 0.3) is 0 Å². The summed E-state index contributed by atoms with van der Waals surface area (Å²) in [5, 5.41) is 18.9. The van der Waals surface area contributed by atoms with Gasteiger partial charge in [0.2, 0.25) is 5.78 Å². The SMILES string of the molecule is CCCCC(C)(O)CCC[C@H]1CCC(=O)[C@@H]1CCCCCC(=O)C(=O)O. The van der Waals surface area contributed by atoms with Gasteiger partial charge in [0.05, 0.1) is 5.60 Å². The van der Waals surface area contributed by atoms with Crippen LogP contribution in [-0.2, 0) is 14.4 Å². The molecule has 0 aliphatic heterocycles. The van der Waals surface area contributed by atoms with E-state index in [1.807, 2.05) is 6.92 Å². The maximum atomic E-state index is 12.2. The van der Waals surface area contributed by atoms with E-state index in [0.717, 1.165) is 64.2 Å². The van der Waals surface area contributed by atoms with E-state index in [9.17, 15) is 19.5 Å². The topological polar surface area (TPSA) is 91.7 Å². The molecule has 1 fully saturated rings. The van der Waals surface area contributed by atoms with Crippen LogP contribution in [0.2, 0.25) is 0 Å². The molecule has 0 saturated heterocycles. The second kappa shape index (κ2) is 11.5. The van der Waals surface area contributed by atoms with Crippen LogP contribution >= 0.6 is 0 Å². The van der Waals surface area contributed by atoms with E-state index in [0.29, 0.717) is 24.5 Å². The summed E-state index contributed by atoms with van der Waals surface area (Å²) >= 11 is 0. The first-order valence-electron chi connectivity index (χ1n) is 10.3. The Bertz CT molecular complexity index is 469. The van der Waals surface area contributed by atoms with Crippen LogP contribution in [-0.4, -0.2) is 33.3 Å². The minimum absolute atomic E-state index is 0.0875. The molecule has 1 rings (SSSR count). The van der Waals surface area contributed by atoms with E-state index in [2.05, 4.69) is 6.92 Å². The number of hydrogen-bond donors (Lipinski definition) is 2. The van der Waals surface area contributed by atoms with Gasteiger partial charge in [-0.3, -0.25) is 9.59 Å². The first kappa shape index (κ1) is 22.8. The van der Waals surface area contributed by atoms with Crippen LogP contribution in [0.4, 0.5) is 0 Å².